The predicted molar refractivity (Wildman–Crippen MR) is 199 cm³/mol. The molecule has 0 amide bonds. The summed E-state index contributed by atoms with van der Waals surface area (Å²) in [4.78, 5) is 4.81. The molecule has 6 heteroatoms. The Balaban J connectivity index is 1.20. The summed E-state index contributed by atoms with van der Waals surface area (Å²) in [5.74, 6) is 2.24. The number of pyridine rings is 1. The Kier molecular flexibility index (Phi) is 5.84. The molecule has 5 nitrogen and oxygen atoms in total. The number of benzene rings is 5. The van der Waals surface area contributed by atoms with Crippen LogP contribution in [0.15, 0.2) is 140 Å². The minimum Gasteiger partial charge on any atom is -0.457 e. The second kappa shape index (κ2) is 11.4. The van der Waals surface area contributed by atoms with Crippen LogP contribution < -0.4 is 14.5 Å². The van der Waals surface area contributed by atoms with Gasteiger partial charge in [-0.3, -0.25) is 4.57 Å². The quantitative estimate of drug-likeness (QED) is 0.102. The molecule has 8 rings (SSSR count). The summed E-state index contributed by atoms with van der Waals surface area (Å²) in [6.07, 6.45) is 5.29. The molecule has 48 heavy (non-hydrogen) atoms. The zero-order chi connectivity index (χ0) is 37.4. The predicted octanol–water partition coefficient (Wildman–Crippen LogP) is 9.26. The lowest BCUT2D eigenvalue weighted by Crippen LogP contribution is -2.49. The van der Waals surface area contributed by atoms with E-state index in [4.69, 9.17) is 16.6 Å². The van der Waals surface area contributed by atoms with Crippen LogP contribution in [0.25, 0.3) is 44.3 Å². The largest absolute Gasteiger partial charge is 0.457 e. The van der Waals surface area contributed by atoms with Crippen molar-refractivity contribution < 1.29 is 16.2 Å². The van der Waals surface area contributed by atoms with Crippen LogP contribution in [0.2, 0.25) is 13.1 Å². The normalized spacial score (nSPS) is 13.7. The van der Waals surface area contributed by atoms with Gasteiger partial charge in [-0.1, -0.05) is 106 Å². The molecule has 0 aliphatic carbocycles. The summed E-state index contributed by atoms with van der Waals surface area (Å²) in [7, 11) is -2.60. The molecule has 3 aromatic heterocycles. The van der Waals surface area contributed by atoms with Crippen molar-refractivity contribution in [3.8, 4) is 23.0 Å². The first kappa shape index (κ1) is 24.7. The highest BCUT2D eigenvalue weighted by atomic mass is 28.3. The van der Waals surface area contributed by atoms with Crippen LogP contribution in [-0.2, 0) is 5.41 Å². The van der Waals surface area contributed by atoms with E-state index in [1.165, 1.54) is 5.56 Å². The molecule has 8 aromatic rings. The molecule has 3 heterocycles. The number of imidazole rings is 1. The lowest BCUT2D eigenvalue weighted by molar-refractivity contribution is -0.572. The van der Waals surface area contributed by atoms with Crippen molar-refractivity contribution in [3.63, 3.8) is 0 Å². The first-order valence-corrected chi connectivity index (χ1v) is 19.0. The van der Waals surface area contributed by atoms with Gasteiger partial charge in [-0.2, -0.15) is 0 Å². The van der Waals surface area contributed by atoms with Crippen molar-refractivity contribution in [1.82, 2.24) is 13.8 Å². The number of aromatic nitrogens is 4. The van der Waals surface area contributed by atoms with Crippen molar-refractivity contribution >= 4 is 46.3 Å². The highest BCUT2D eigenvalue weighted by molar-refractivity contribution is 6.88. The molecule has 236 valence electrons. The van der Waals surface area contributed by atoms with Gasteiger partial charge in [0.05, 0.1) is 29.1 Å². The van der Waals surface area contributed by atoms with E-state index in [1.807, 2.05) is 48.7 Å². The highest BCUT2D eigenvalue weighted by Crippen LogP contribution is 2.36. The van der Waals surface area contributed by atoms with Crippen molar-refractivity contribution in [2.45, 2.75) is 39.3 Å². The Morgan fingerprint density at radius 2 is 1.48 bits per heavy atom. The highest BCUT2D eigenvalue weighted by Gasteiger charge is 2.33. The van der Waals surface area contributed by atoms with Gasteiger partial charge in [0.2, 0.25) is 6.33 Å². The lowest BCUT2D eigenvalue weighted by atomic mass is 9.88. The molecule has 0 spiro atoms. The fraction of sp³-hybridized carbons (Fsp3) is 0.143. The van der Waals surface area contributed by atoms with E-state index in [1.54, 1.807) is 4.57 Å². The molecule has 0 saturated heterocycles. The number of hydrogen-bond donors (Lipinski definition) is 0. The summed E-state index contributed by atoms with van der Waals surface area (Å²) < 4.78 is 54.5. The van der Waals surface area contributed by atoms with Gasteiger partial charge in [0, 0.05) is 28.6 Å². The standard InChI is InChI=1S/C42H38N4OSi/c1-42(2,3)30-24-25-43-41(26-30)46-37-19-10-9-18-35(37)36-23-22-33(28-40(36)46)47-32-16-13-17-34(27-32)48(4,5)45-29-44(31-14-7-6-8-15-31)38-20-11-12-21-39(38)45/h6-28H,1-5H3/i6D,7D,8D,14D,15D. The molecule has 5 aromatic carbocycles. The fourth-order valence-electron chi connectivity index (χ4n) is 6.48. The van der Waals surface area contributed by atoms with Gasteiger partial charge in [0.15, 0.2) is 0 Å². The van der Waals surface area contributed by atoms with Crippen molar-refractivity contribution in [1.29, 1.82) is 0 Å². The van der Waals surface area contributed by atoms with Crippen LogP contribution in [-0.4, -0.2) is 22.0 Å². The van der Waals surface area contributed by atoms with Crippen LogP contribution in [0, 0.1) is 6.33 Å². The van der Waals surface area contributed by atoms with Crippen molar-refractivity contribution in [3.05, 3.63) is 151 Å². The Labute approximate surface area is 289 Å². The Morgan fingerprint density at radius 3 is 2.29 bits per heavy atom. The van der Waals surface area contributed by atoms with E-state index in [9.17, 15) is 0 Å². The van der Waals surface area contributed by atoms with Crippen molar-refractivity contribution in [2.75, 3.05) is 0 Å². The van der Waals surface area contributed by atoms with Crippen LogP contribution in [0.5, 0.6) is 11.5 Å². The van der Waals surface area contributed by atoms with Gasteiger partial charge in [0.1, 0.15) is 17.3 Å². The minimum atomic E-state index is -2.60. The molecule has 0 radical (unpaired) electrons. The fourth-order valence-corrected chi connectivity index (χ4v) is 8.87. The Hall–Kier alpha value is -5.46. The number of fused-ring (bicyclic) bond motifs is 4. The Morgan fingerprint density at radius 1 is 0.750 bits per heavy atom. The molecular weight excluding hydrogens is 605 g/mol. The number of para-hydroxylation sites is 4. The average Bonchev–Trinajstić information content (AvgIpc) is 3.69. The van der Waals surface area contributed by atoms with Gasteiger partial charge < -0.3 is 13.5 Å². The van der Waals surface area contributed by atoms with E-state index in [-0.39, 0.29) is 35.3 Å². The first-order valence-electron chi connectivity index (χ1n) is 18.6. The van der Waals surface area contributed by atoms with E-state index >= 15 is 0 Å². The maximum Gasteiger partial charge on any atom is 0.273 e. The molecule has 0 saturated carbocycles. The number of rotatable bonds is 6. The van der Waals surface area contributed by atoms with Crippen LogP contribution in [0.3, 0.4) is 0 Å². The molecule has 0 unspecified atom stereocenters. The molecule has 0 bridgehead atoms. The second-order valence-corrected chi connectivity index (χ2v) is 17.7. The molecule has 0 N–H and O–H groups in total. The van der Waals surface area contributed by atoms with Gasteiger partial charge >= 0.3 is 0 Å². The third-order valence-corrected chi connectivity index (χ3v) is 12.3. The van der Waals surface area contributed by atoms with Crippen LogP contribution >= 0.6 is 0 Å². The third kappa shape index (κ3) is 5.09. The van der Waals surface area contributed by atoms with Crippen LogP contribution in [0.1, 0.15) is 33.2 Å². The summed E-state index contributed by atoms with van der Waals surface area (Å²) >= 11 is 0. The van der Waals surface area contributed by atoms with E-state index < -0.39 is 14.3 Å². The maximum atomic E-state index is 8.66. The molecule has 0 aliphatic rings. The maximum absolute atomic E-state index is 8.66. The van der Waals surface area contributed by atoms with Crippen LogP contribution in [0.4, 0.5) is 0 Å². The third-order valence-electron chi connectivity index (χ3n) is 9.10. The zero-order valence-corrected chi connectivity index (χ0v) is 28.6. The summed E-state index contributed by atoms with van der Waals surface area (Å²) in [5.41, 5.74) is 4.87. The number of hydrogen-bond acceptors (Lipinski definition) is 2. The monoisotopic (exact) mass is 647 g/mol. The molecular formula is C42H38N4OSi. The zero-order valence-electron chi connectivity index (χ0n) is 32.6. The van der Waals surface area contributed by atoms with E-state index in [0.29, 0.717) is 17.0 Å². The average molecular weight is 648 g/mol. The first-order chi connectivity index (χ1) is 25.3. The van der Waals surface area contributed by atoms with Gasteiger partial charge in [-0.05, 0) is 71.7 Å². The molecule has 0 fully saturated rings. The Bertz CT molecular complexity index is 2720. The van der Waals surface area contributed by atoms with Gasteiger partial charge in [-0.15, -0.1) is 0 Å². The van der Waals surface area contributed by atoms with Gasteiger partial charge in [-0.25, -0.2) is 4.98 Å². The topological polar surface area (TPSA) is 35.9 Å². The number of ether oxygens (including phenoxy) is 1. The van der Waals surface area contributed by atoms with E-state index in [0.717, 1.165) is 38.3 Å². The molecule has 0 aliphatic heterocycles. The summed E-state index contributed by atoms with van der Waals surface area (Å²) in [6, 6.07) is 32.9. The lowest BCUT2D eigenvalue weighted by Gasteiger charge is -2.23. The smallest absolute Gasteiger partial charge is 0.273 e. The van der Waals surface area contributed by atoms with E-state index in [2.05, 4.69) is 110 Å². The van der Waals surface area contributed by atoms with Crippen molar-refractivity contribution in [2.24, 2.45) is 0 Å². The summed E-state index contributed by atoms with van der Waals surface area (Å²) in [5, 5.41) is 3.32. The number of nitrogens with zero attached hydrogens (tertiary/aromatic N) is 4. The minimum absolute atomic E-state index is 0.0301. The van der Waals surface area contributed by atoms with Gasteiger partial charge in [0.25, 0.3) is 8.24 Å². The second-order valence-electron chi connectivity index (χ2n) is 13.6. The SMILES string of the molecule is [2H]c1c([2H])c([2H])c(-[n+]2[c-]n([Si](C)(C)c3cccc(Oc4ccc5c6ccccc6n(-c6cc(C(C)(C)C)ccn6)c5c4)c3)c3ccccc32)c([2H])c1[2H]. The molecule has 0 atom stereocenters. The summed E-state index contributed by atoms with van der Waals surface area (Å²) in [6.45, 7) is 11.0.